The molecule has 106 valence electrons. The number of carbonyl (C=O) groups is 1. The van der Waals surface area contributed by atoms with E-state index in [2.05, 4.69) is 10.4 Å². The summed E-state index contributed by atoms with van der Waals surface area (Å²) in [6.07, 6.45) is 7.19. The van der Waals surface area contributed by atoms with Crippen molar-refractivity contribution in [3.63, 3.8) is 0 Å². The fraction of sp³-hybridized carbons (Fsp3) is 0.692. The first-order valence-corrected chi connectivity index (χ1v) is 6.77. The molecule has 6 nitrogen and oxygen atoms in total. The van der Waals surface area contributed by atoms with E-state index in [-0.39, 0.29) is 18.6 Å². The fourth-order valence-electron chi connectivity index (χ4n) is 2.58. The molecule has 0 bridgehead atoms. The second-order valence-electron chi connectivity index (χ2n) is 5.11. The van der Waals surface area contributed by atoms with Gasteiger partial charge in [0.05, 0.1) is 25.3 Å². The lowest BCUT2D eigenvalue weighted by Crippen LogP contribution is -2.35. The SMILES string of the molecule is O=C(O)C1CCCC(NCc2cnn(CCO)c2)C1. The molecule has 19 heavy (non-hydrogen) atoms. The van der Waals surface area contributed by atoms with E-state index in [1.54, 1.807) is 10.9 Å². The summed E-state index contributed by atoms with van der Waals surface area (Å²) in [5.41, 5.74) is 1.06. The maximum absolute atomic E-state index is 11.0. The Labute approximate surface area is 112 Å². The number of aromatic nitrogens is 2. The molecule has 0 spiro atoms. The molecule has 1 aliphatic carbocycles. The minimum atomic E-state index is -0.678. The third-order valence-corrected chi connectivity index (χ3v) is 3.63. The Morgan fingerprint density at radius 1 is 1.53 bits per heavy atom. The number of aliphatic hydroxyl groups excluding tert-OH is 1. The van der Waals surface area contributed by atoms with Crippen molar-refractivity contribution in [2.75, 3.05) is 6.61 Å². The van der Waals surface area contributed by atoms with Gasteiger partial charge in [0, 0.05) is 24.3 Å². The number of carboxylic acids is 1. The van der Waals surface area contributed by atoms with Gasteiger partial charge in [0.15, 0.2) is 0 Å². The maximum Gasteiger partial charge on any atom is 0.306 e. The van der Waals surface area contributed by atoms with Crippen molar-refractivity contribution in [1.82, 2.24) is 15.1 Å². The van der Waals surface area contributed by atoms with Gasteiger partial charge in [-0.25, -0.2) is 0 Å². The maximum atomic E-state index is 11.0. The first-order chi connectivity index (χ1) is 9.19. The molecule has 1 aromatic heterocycles. The normalized spacial score (nSPS) is 23.4. The van der Waals surface area contributed by atoms with Crippen LogP contribution in [0.1, 0.15) is 31.2 Å². The van der Waals surface area contributed by atoms with E-state index in [4.69, 9.17) is 10.2 Å². The molecular weight excluding hydrogens is 246 g/mol. The van der Waals surface area contributed by atoms with Gasteiger partial charge in [0.25, 0.3) is 0 Å². The van der Waals surface area contributed by atoms with E-state index in [1.807, 2.05) is 6.20 Å². The van der Waals surface area contributed by atoms with Crippen LogP contribution in [0.5, 0.6) is 0 Å². The molecule has 2 unspecified atom stereocenters. The van der Waals surface area contributed by atoms with Crippen molar-refractivity contribution in [3.8, 4) is 0 Å². The number of nitrogens with zero attached hydrogens (tertiary/aromatic N) is 2. The minimum Gasteiger partial charge on any atom is -0.481 e. The number of aliphatic hydroxyl groups is 1. The molecule has 0 saturated heterocycles. The summed E-state index contributed by atoms with van der Waals surface area (Å²) in [5.74, 6) is -0.884. The smallest absolute Gasteiger partial charge is 0.306 e. The molecule has 1 heterocycles. The van der Waals surface area contributed by atoms with Crippen molar-refractivity contribution >= 4 is 5.97 Å². The van der Waals surface area contributed by atoms with Gasteiger partial charge in [-0.1, -0.05) is 6.42 Å². The number of carboxylic acid groups (broad SMARTS) is 1. The van der Waals surface area contributed by atoms with E-state index < -0.39 is 5.97 Å². The van der Waals surface area contributed by atoms with Crippen LogP contribution in [0, 0.1) is 5.92 Å². The van der Waals surface area contributed by atoms with Crippen molar-refractivity contribution in [1.29, 1.82) is 0 Å². The van der Waals surface area contributed by atoms with Crippen molar-refractivity contribution in [3.05, 3.63) is 18.0 Å². The lowest BCUT2D eigenvalue weighted by Gasteiger charge is -2.27. The lowest BCUT2D eigenvalue weighted by atomic mass is 9.86. The standard InChI is InChI=1S/C13H21N3O3/c17-5-4-16-9-10(8-15-16)7-14-12-3-1-2-11(6-12)13(18)19/h8-9,11-12,14,17H,1-7H2,(H,18,19). The monoisotopic (exact) mass is 267 g/mol. The van der Waals surface area contributed by atoms with Crippen LogP contribution in [-0.4, -0.2) is 38.6 Å². The van der Waals surface area contributed by atoms with Gasteiger partial charge in [-0.3, -0.25) is 9.48 Å². The first kappa shape index (κ1) is 14.0. The van der Waals surface area contributed by atoms with E-state index in [0.717, 1.165) is 24.8 Å². The summed E-state index contributed by atoms with van der Waals surface area (Å²) < 4.78 is 1.71. The summed E-state index contributed by atoms with van der Waals surface area (Å²) >= 11 is 0. The van der Waals surface area contributed by atoms with Crippen LogP contribution in [-0.2, 0) is 17.9 Å². The Balaban J connectivity index is 1.79. The third kappa shape index (κ3) is 4.04. The number of hydrogen-bond donors (Lipinski definition) is 3. The van der Waals surface area contributed by atoms with Gasteiger partial charge in [0.1, 0.15) is 0 Å². The highest BCUT2D eigenvalue weighted by molar-refractivity contribution is 5.70. The summed E-state index contributed by atoms with van der Waals surface area (Å²) in [6.45, 7) is 1.28. The van der Waals surface area contributed by atoms with Crippen LogP contribution < -0.4 is 5.32 Å². The van der Waals surface area contributed by atoms with E-state index in [0.29, 0.717) is 19.5 Å². The second-order valence-corrected chi connectivity index (χ2v) is 5.11. The quantitative estimate of drug-likeness (QED) is 0.703. The van der Waals surface area contributed by atoms with Crippen LogP contribution in [0.25, 0.3) is 0 Å². The van der Waals surface area contributed by atoms with Gasteiger partial charge >= 0.3 is 5.97 Å². The molecular formula is C13H21N3O3. The Morgan fingerprint density at radius 2 is 2.37 bits per heavy atom. The van der Waals surface area contributed by atoms with Crippen LogP contribution in [0.3, 0.4) is 0 Å². The highest BCUT2D eigenvalue weighted by Gasteiger charge is 2.26. The molecule has 3 N–H and O–H groups in total. The highest BCUT2D eigenvalue weighted by Crippen LogP contribution is 2.24. The van der Waals surface area contributed by atoms with Gasteiger partial charge in [-0.15, -0.1) is 0 Å². The van der Waals surface area contributed by atoms with Crippen LogP contribution >= 0.6 is 0 Å². The molecule has 1 saturated carbocycles. The van der Waals surface area contributed by atoms with Crippen LogP contribution in [0.4, 0.5) is 0 Å². The lowest BCUT2D eigenvalue weighted by molar-refractivity contribution is -0.143. The van der Waals surface area contributed by atoms with Gasteiger partial charge in [0.2, 0.25) is 0 Å². The Morgan fingerprint density at radius 3 is 3.11 bits per heavy atom. The van der Waals surface area contributed by atoms with E-state index in [9.17, 15) is 4.79 Å². The van der Waals surface area contributed by atoms with Crippen LogP contribution in [0.2, 0.25) is 0 Å². The molecule has 2 atom stereocenters. The van der Waals surface area contributed by atoms with Gasteiger partial charge in [-0.2, -0.15) is 5.10 Å². The van der Waals surface area contributed by atoms with Gasteiger partial charge in [-0.05, 0) is 19.3 Å². The minimum absolute atomic E-state index is 0.0808. The molecule has 6 heteroatoms. The molecule has 0 radical (unpaired) electrons. The Kier molecular flexibility index (Phi) is 4.93. The second kappa shape index (κ2) is 6.68. The zero-order chi connectivity index (χ0) is 13.7. The molecule has 1 fully saturated rings. The summed E-state index contributed by atoms with van der Waals surface area (Å²) in [6, 6.07) is 0.274. The van der Waals surface area contributed by atoms with E-state index in [1.165, 1.54) is 0 Å². The summed E-state index contributed by atoms with van der Waals surface area (Å²) in [5, 5.41) is 25.4. The predicted octanol–water partition coefficient (Wildman–Crippen LogP) is 0.608. The summed E-state index contributed by atoms with van der Waals surface area (Å²) in [7, 11) is 0. The average Bonchev–Trinajstić information content (AvgIpc) is 2.85. The van der Waals surface area contributed by atoms with E-state index >= 15 is 0 Å². The fourth-order valence-corrected chi connectivity index (χ4v) is 2.58. The van der Waals surface area contributed by atoms with Gasteiger partial charge < -0.3 is 15.5 Å². The largest absolute Gasteiger partial charge is 0.481 e. The van der Waals surface area contributed by atoms with Crippen LogP contribution in [0.15, 0.2) is 12.4 Å². The number of nitrogens with one attached hydrogen (secondary N) is 1. The zero-order valence-electron chi connectivity index (χ0n) is 11.0. The third-order valence-electron chi connectivity index (χ3n) is 3.63. The Hall–Kier alpha value is -1.40. The summed E-state index contributed by atoms with van der Waals surface area (Å²) in [4.78, 5) is 11.0. The zero-order valence-corrected chi connectivity index (χ0v) is 11.0. The molecule has 1 aliphatic rings. The average molecular weight is 267 g/mol. The predicted molar refractivity (Wildman–Crippen MR) is 69.5 cm³/mol. The molecule has 0 amide bonds. The van der Waals surface area contributed by atoms with Crippen molar-refractivity contribution in [2.45, 2.75) is 44.8 Å². The van der Waals surface area contributed by atoms with Crippen molar-refractivity contribution in [2.24, 2.45) is 5.92 Å². The topological polar surface area (TPSA) is 87.4 Å². The molecule has 1 aromatic rings. The highest BCUT2D eigenvalue weighted by atomic mass is 16.4. The molecule has 2 rings (SSSR count). The first-order valence-electron chi connectivity index (χ1n) is 6.77. The van der Waals surface area contributed by atoms with Crippen molar-refractivity contribution < 1.29 is 15.0 Å². The molecule has 0 aromatic carbocycles. The Bertz CT molecular complexity index is 419. The number of rotatable bonds is 6. The number of hydrogen-bond acceptors (Lipinski definition) is 4. The number of aliphatic carboxylic acids is 1. The molecule has 0 aliphatic heterocycles.